The molecule has 2 aromatic carbocycles. The number of hydrogen-bond donors (Lipinski definition) is 0. The van der Waals surface area contributed by atoms with E-state index < -0.39 is 18.0 Å². The minimum absolute atomic E-state index is 0.150. The minimum Gasteiger partial charge on any atom is -0.490 e. The Morgan fingerprint density at radius 2 is 1.87 bits per heavy atom. The van der Waals surface area contributed by atoms with E-state index >= 15 is 0 Å². The predicted molar refractivity (Wildman–Crippen MR) is 146 cm³/mol. The molecule has 1 aliphatic heterocycles. The summed E-state index contributed by atoms with van der Waals surface area (Å²) in [5, 5.41) is 0.872. The molecule has 38 heavy (non-hydrogen) atoms. The highest BCUT2D eigenvalue weighted by atomic mass is 35.5. The van der Waals surface area contributed by atoms with E-state index in [1.54, 1.807) is 63.2 Å². The molecule has 11 heteroatoms. The molecule has 198 valence electrons. The van der Waals surface area contributed by atoms with Crippen LogP contribution in [0, 0.1) is 0 Å². The number of benzene rings is 2. The summed E-state index contributed by atoms with van der Waals surface area (Å²) in [5.41, 5.74) is 1.45. The van der Waals surface area contributed by atoms with E-state index in [9.17, 15) is 14.4 Å². The second kappa shape index (κ2) is 11.6. The van der Waals surface area contributed by atoms with Crippen molar-refractivity contribution in [2.45, 2.75) is 33.7 Å². The van der Waals surface area contributed by atoms with Gasteiger partial charge < -0.3 is 14.2 Å². The van der Waals surface area contributed by atoms with Gasteiger partial charge in [-0.25, -0.2) is 9.79 Å². The van der Waals surface area contributed by atoms with Crippen LogP contribution < -0.4 is 24.4 Å². The van der Waals surface area contributed by atoms with Crippen molar-refractivity contribution in [3.8, 4) is 11.5 Å². The first-order valence-electron chi connectivity index (χ1n) is 11.7. The van der Waals surface area contributed by atoms with E-state index in [-0.39, 0.29) is 23.5 Å². The van der Waals surface area contributed by atoms with Crippen LogP contribution in [0.2, 0.25) is 10.0 Å². The lowest BCUT2D eigenvalue weighted by Gasteiger charge is -2.25. The number of fused-ring (bicyclic) bond motifs is 1. The first kappa shape index (κ1) is 27.6. The van der Waals surface area contributed by atoms with Gasteiger partial charge in [-0.05, 0) is 62.2 Å². The van der Waals surface area contributed by atoms with Crippen molar-refractivity contribution in [3.05, 3.63) is 88.5 Å². The first-order chi connectivity index (χ1) is 18.1. The second-order valence-corrected chi connectivity index (χ2v) is 10.1. The number of carbonyl (C=O) groups excluding carboxylic acids is 2. The molecular weight excluding hydrogens is 551 g/mol. The fraction of sp³-hybridized carbons (Fsp3) is 0.259. The third-order valence-corrected chi connectivity index (χ3v) is 7.15. The van der Waals surface area contributed by atoms with Gasteiger partial charge >= 0.3 is 11.9 Å². The molecule has 2 heterocycles. The van der Waals surface area contributed by atoms with Crippen LogP contribution in [0.1, 0.15) is 44.9 Å². The van der Waals surface area contributed by atoms with Crippen molar-refractivity contribution in [1.82, 2.24) is 4.57 Å². The summed E-state index contributed by atoms with van der Waals surface area (Å²) < 4.78 is 18.2. The Morgan fingerprint density at radius 3 is 2.53 bits per heavy atom. The van der Waals surface area contributed by atoms with Gasteiger partial charge in [-0.15, -0.1) is 0 Å². The number of thiazole rings is 1. The number of aromatic nitrogens is 1. The van der Waals surface area contributed by atoms with Gasteiger partial charge in [-0.2, -0.15) is 0 Å². The maximum absolute atomic E-state index is 13.8. The molecule has 1 aromatic heterocycles. The van der Waals surface area contributed by atoms with E-state index in [1.165, 1.54) is 22.8 Å². The molecule has 0 amide bonds. The highest BCUT2D eigenvalue weighted by Crippen LogP contribution is 2.36. The summed E-state index contributed by atoms with van der Waals surface area (Å²) in [6.07, 6.45) is 1.67. The molecule has 0 saturated heterocycles. The fourth-order valence-electron chi connectivity index (χ4n) is 4.07. The van der Waals surface area contributed by atoms with Crippen molar-refractivity contribution < 1.29 is 23.8 Å². The lowest BCUT2D eigenvalue weighted by atomic mass is 9.95. The van der Waals surface area contributed by atoms with E-state index in [0.29, 0.717) is 48.6 Å². The average Bonchev–Trinajstić information content (AvgIpc) is 3.15. The largest absolute Gasteiger partial charge is 0.490 e. The van der Waals surface area contributed by atoms with E-state index in [1.807, 2.05) is 0 Å². The van der Waals surface area contributed by atoms with Crippen LogP contribution >= 0.6 is 34.5 Å². The van der Waals surface area contributed by atoms with Crippen molar-refractivity contribution >= 4 is 52.6 Å². The zero-order valence-corrected chi connectivity index (χ0v) is 23.4. The SMILES string of the molecule is CCOC(=O)C1=C(C)N=c2sc(=Cc3ccc(Cl)cc3Cl)c(=O)n2C1c1ccc(OC(C)=O)c(OCC)c1. The molecule has 1 atom stereocenters. The Hall–Kier alpha value is -3.40. The summed E-state index contributed by atoms with van der Waals surface area (Å²) in [6.45, 7) is 6.94. The minimum atomic E-state index is -0.862. The molecule has 0 bridgehead atoms. The number of halogens is 2. The van der Waals surface area contributed by atoms with Crippen LogP contribution in [-0.4, -0.2) is 29.7 Å². The van der Waals surface area contributed by atoms with Gasteiger partial charge in [-0.1, -0.05) is 46.7 Å². The van der Waals surface area contributed by atoms with E-state index in [2.05, 4.69) is 4.99 Å². The number of rotatable bonds is 7. The number of carbonyl (C=O) groups is 2. The highest BCUT2D eigenvalue weighted by Gasteiger charge is 2.34. The predicted octanol–water partition coefficient (Wildman–Crippen LogP) is 4.43. The lowest BCUT2D eigenvalue weighted by Crippen LogP contribution is -2.40. The van der Waals surface area contributed by atoms with Gasteiger partial charge in [0.2, 0.25) is 0 Å². The second-order valence-electron chi connectivity index (χ2n) is 8.20. The third-order valence-electron chi connectivity index (χ3n) is 5.60. The van der Waals surface area contributed by atoms with Crippen molar-refractivity contribution in [2.75, 3.05) is 13.2 Å². The molecule has 4 rings (SSSR count). The Morgan fingerprint density at radius 1 is 1.11 bits per heavy atom. The molecule has 0 spiro atoms. The lowest BCUT2D eigenvalue weighted by molar-refractivity contribution is -0.139. The summed E-state index contributed by atoms with van der Waals surface area (Å²) in [4.78, 5) is 43.5. The van der Waals surface area contributed by atoms with Crippen molar-refractivity contribution in [2.24, 2.45) is 4.99 Å². The molecule has 1 unspecified atom stereocenters. The van der Waals surface area contributed by atoms with Crippen LogP contribution in [-0.2, 0) is 14.3 Å². The number of hydrogen-bond acceptors (Lipinski definition) is 8. The smallest absolute Gasteiger partial charge is 0.338 e. The average molecular weight is 575 g/mol. The van der Waals surface area contributed by atoms with Gasteiger partial charge in [0.25, 0.3) is 5.56 Å². The first-order valence-corrected chi connectivity index (χ1v) is 13.3. The molecule has 8 nitrogen and oxygen atoms in total. The maximum Gasteiger partial charge on any atom is 0.338 e. The maximum atomic E-state index is 13.8. The van der Waals surface area contributed by atoms with Crippen LogP contribution in [0.4, 0.5) is 0 Å². The molecule has 1 aliphatic rings. The van der Waals surface area contributed by atoms with Gasteiger partial charge in [-0.3, -0.25) is 14.2 Å². The number of ether oxygens (including phenoxy) is 3. The quantitative estimate of drug-likeness (QED) is 0.306. The third kappa shape index (κ3) is 5.55. The zero-order chi connectivity index (χ0) is 27.6. The molecule has 0 aliphatic carbocycles. The number of esters is 2. The Labute approximate surface area is 232 Å². The van der Waals surface area contributed by atoms with Crippen LogP contribution in [0.15, 0.2) is 57.5 Å². The number of allylic oxidation sites excluding steroid dienone is 1. The summed E-state index contributed by atoms with van der Waals surface area (Å²) in [5.74, 6) is -0.564. The van der Waals surface area contributed by atoms with E-state index in [4.69, 9.17) is 37.4 Å². The van der Waals surface area contributed by atoms with E-state index in [0.717, 1.165) is 0 Å². The number of nitrogens with zero attached hydrogens (tertiary/aromatic N) is 2. The van der Waals surface area contributed by atoms with Crippen LogP contribution in [0.25, 0.3) is 6.08 Å². The summed E-state index contributed by atoms with van der Waals surface area (Å²) >= 11 is 13.5. The molecular formula is C27H24Cl2N2O6S. The molecule has 0 radical (unpaired) electrons. The van der Waals surface area contributed by atoms with Crippen molar-refractivity contribution in [3.63, 3.8) is 0 Å². The van der Waals surface area contributed by atoms with Gasteiger partial charge in [0.15, 0.2) is 16.3 Å². The summed E-state index contributed by atoms with van der Waals surface area (Å²) in [7, 11) is 0. The van der Waals surface area contributed by atoms with Crippen molar-refractivity contribution in [1.29, 1.82) is 0 Å². The summed E-state index contributed by atoms with van der Waals surface area (Å²) in [6, 6.07) is 9.04. The Kier molecular flexibility index (Phi) is 8.40. The van der Waals surface area contributed by atoms with Gasteiger partial charge in [0.05, 0.1) is 35.1 Å². The monoisotopic (exact) mass is 574 g/mol. The highest BCUT2D eigenvalue weighted by molar-refractivity contribution is 7.07. The molecule has 3 aromatic rings. The molecule has 0 fully saturated rings. The standard InChI is InChI=1S/C27H24Cl2N2O6S/c1-5-35-21-11-17(8-10-20(21)37-15(4)32)24-23(26(34)36-6-2)14(3)30-27-31(24)25(33)22(38-27)12-16-7-9-18(28)13-19(16)29/h7-13,24H,5-6H2,1-4H3. The molecule has 0 N–H and O–H groups in total. The van der Waals surface area contributed by atoms with Gasteiger partial charge in [0, 0.05) is 17.0 Å². The van der Waals surface area contributed by atoms with Gasteiger partial charge in [0.1, 0.15) is 0 Å². The normalized spacial score (nSPS) is 15.1. The van der Waals surface area contributed by atoms with Crippen LogP contribution in [0.5, 0.6) is 11.5 Å². The molecule has 0 saturated carbocycles. The fourth-order valence-corrected chi connectivity index (χ4v) is 5.57. The topological polar surface area (TPSA) is 96.2 Å². The zero-order valence-electron chi connectivity index (χ0n) is 21.0. The Balaban J connectivity index is 1.96. The Bertz CT molecular complexity index is 1640. The van der Waals surface area contributed by atoms with Crippen LogP contribution in [0.3, 0.4) is 0 Å².